The minimum absolute atomic E-state index is 0.947. The highest BCUT2D eigenvalue weighted by molar-refractivity contribution is 5.75. The molecule has 144 valence electrons. The molecular weight excluding hydrogens is 312 g/mol. The first-order valence-electron chi connectivity index (χ1n) is 9.12. The number of rotatable bonds is 4. The molecule has 0 unspecified atom stereocenters. The number of hydrogen-bond acceptors (Lipinski definition) is 0. The fourth-order valence-electron chi connectivity index (χ4n) is 1.36. The molecule has 0 spiro atoms. The van der Waals surface area contributed by atoms with Crippen LogP contribution >= 0.6 is 0 Å². The van der Waals surface area contributed by atoms with Crippen molar-refractivity contribution in [3.63, 3.8) is 0 Å². The largest absolute Gasteiger partial charge is 0.100 e. The first-order chi connectivity index (χ1) is 12.2. The summed E-state index contributed by atoms with van der Waals surface area (Å²) >= 11 is 0. The van der Waals surface area contributed by atoms with Gasteiger partial charge in [0.05, 0.1) is 0 Å². The first-order valence-corrected chi connectivity index (χ1v) is 9.12. The smallest absolute Gasteiger partial charge is 0.0184 e. The maximum atomic E-state index is 3.93. The maximum absolute atomic E-state index is 3.93. The lowest BCUT2D eigenvalue weighted by Crippen LogP contribution is -1.83. The van der Waals surface area contributed by atoms with Crippen LogP contribution in [0, 0.1) is 0 Å². The van der Waals surface area contributed by atoms with Gasteiger partial charge in [-0.05, 0) is 69.9 Å². The molecule has 0 aliphatic rings. The predicted octanol–water partition coefficient (Wildman–Crippen LogP) is 9.06. The first kappa shape index (κ1) is 28.5. The van der Waals surface area contributed by atoms with Gasteiger partial charge >= 0.3 is 0 Å². The van der Waals surface area contributed by atoms with Crippen molar-refractivity contribution >= 4 is 11.1 Å². The quantitative estimate of drug-likeness (QED) is 0.374. The molecule has 0 aromatic heterocycles. The Hall–Kier alpha value is -2.34. The highest BCUT2D eigenvalue weighted by Gasteiger charge is 1.98. The summed E-state index contributed by atoms with van der Waals surface area (Å²) < 4.78 is 0. The summed E-state index contributed by atoms with van der Waals surface area (Å²) in [5, 5.41) is 0. The van der Waals surface area contributed by atoms with Gasteiger partial charge in [-0.15, -0.1) is 6.58 Å². The second kappa shape index (κ2) is 19.0. The molecule has 0 saturated heterocycles. The van der Waals surface area contributed by atoms with E-state index in [4.69, 9.17) is 0 Å². The van der Waals surface area contributed by atoms with Crippen LogP contribution < -0.4 is 0 Å². The van der Waals surface area contributed by atoms with Crippen molar-refractivity contribution < 1.29 is 0 Å². The standard InChI is InChI=1S/C15H16.C5H10.C4H8.C2H6/c1-5-8-13(4)15-10-7-9-14(11-15)12(3)6-2;1-4-5(2)3;1-4(2)3;1-2/h5-11H,1-3H2,4H3;4H,1-3H3;1H2,2-3H3;1-2H3/b13-8+;;;. The average molecular weight is 353 g/mol. The third kappa shape index (κ3) is 18.0. The van der Waals surface area contributed by atoms with Crippen molar-refractivity contribution in [3.05, 3.63) is 97.2 Å². The second-order valence-electron chi connectivity index (χ2n) is 5.97. The summed E-state index contributed by atoms with van der Waals surface area (Å²) in [4.78, 5) is 0. The Labute approximate surface area is 164 Å². The lowest BCUT2D eigenvalue weighted by Gasteiger charge is -2.05. The Kier molecular flexibility index (Phi) is 20.8. The van der Waals surface area contributed by atoms with E-state index in [0.717, 1.165) is 11.1 Å². The molecule has 0 radical (unpaired) electrons. The second-order valence-corrected chi connectivity index (χ2v) is 5.97. The topological polar surface area (TPSA) is 0 Å². The van der Waals surface area contributed by atoms with E-state index in [1.807, 2.05) is 52.8 Å². The Morgan fingerprint density at radius 2 is 1.31 bits per heavy atom. The van der Waals surface area contributed by atoms with E-state index in [9.17, 15) is 0 Å². The Morgan fingerprint density at radius 3 is 1.65 bits per heavy atom. The maximum Gasteiger partial charge on any atom is -0.0184 e. The normalized spacial score (nSPS) is 8.85. The molecule has 0 N–H and O–H groups in total. The number of benzene rings is 1. The summed E-state index contributed by atoms with van der Waals surface area (Å²) in [6.07, 6.45) is 7.64. The Morgan fingerprint density at radius 1 is 0.885 bits per heavy atom. The van der Waals surface area contributed by atoms with Crippen molar-refractivity contribution in [2.45, 2.75) is 55.4 Å². The molecule has 0 heterocycles. The molecule has 0 aliphatic heterocycles. The van der Waals surface area contributed by atoms with Crippen LogP contribution in [0.1, 0.15) is 66.5 Å². The third-order valence-corrected chi connectivity index (χ3v) is 2.88. The molecule has 0 heteroatoms. The predicted molar refractivity (Wildman–Crippen MR) is 126 cm³/mol. The summed E-state index contributed by atoms with van der Waals surface area (Å²) in [6, 6.07) is 8.25. The van der Waals surface area contributed by atoms with Gasteiger partial charge in [0.15, 0.2) is 0 Å². The molecule has 0 saturated carbocycles. The highest BCUT2D eigenvalue weighted by Crippen LogP contribution is 2.19. The molecule has 0 fully saturated rings. The molecule has 0 bridgehead atoms. The van der Waals surface area contributed by atoms with Gasteiger partial charge in [-0.25, -0.2) is 0 Å². The van der Waals surface area contributed by atoms with Crippen molar-refractivity contribution in [3.8, 4) is 0 Å². The van der Waals surface area contributed by atoms with E-state index in [1.165, 1.54) is 22.3 Å². The Balaban J connectivity index is -0.000000398. The minimum atomic E-state index is 0.947. The van der Waals surface area contributed by atoms with Crippen molar-refractivity contribution in [1.29, 1.82) is 0 Å². The summed E-state index contributed by atoms with van der Waals surface area (Å²) in [5.41, 5.74) is 6.99. The van der Waals surface area contributed by atoms with Crippen LogP contribution in [-0.4, -0.2) is 0 Å². The summed E-state index contributed by atoms with van der Waals surface area (Å²) in [5.74, 6) is 0. The van der Waals surface area contributed by atoms with Gasteiger partial charge in [-0.1, -0.05) is 87.2 Å². The van der Waals surface area contributed by atoms with E-state index in [1.54, 1.807) is 12.2 Å². The van der Waals surface area contributed by atoms with Gasteiger partial charge in [-0.2, -0.15) is 0 Å². The summed E-state index contributed by atoms with van der Waals surface area (Å²) in [6.45, 7) is 31.1. The molecule has 0 amide bonds. The van der Waals surface area contributed by atoms with E-state index >= 15 is 0 Å². The third-order valence-electron chi connectivity index (χ3n) is 2.88. The van der Waals surface area contributed by atoms with E-state index in [2.05, 4.69) is 65.3 Å². The molecule has 1 rings (SSSR count). The molecular formula is C26H40. The van der Waals surface area contributed by atoms with Crippen LogP contribution in [0.2, 0.25) is 0 Å². The van der Waals surface area contributed by atoms with Gasteiger partial charge < -0.3 is 0 Å². The van der Waals surface area contributed by atoms with Crippen LogP contribution in [0.5, 0.6) is 0 Å². The van der Waals surface area contributed by atoms with Gasteiger partial charge in [0, 0.05) is 0 Å². The highest BCUT2D eigenvalue weighted by atomic mass is 14.0. The number of allylic oxidation sites excluding steroid dienone is 8. The van der Waals surface area contributed by atoms with Crippen LogP contribution in [0.15, 0.2) is 86.0 Å². The fourth-order valence-corrected chi connectivity index (χ4v) is 1.36. The molecule has 0 atom stereocenters. The molecule has 1 aromatic rings. The SMILES string of the molecule is C=C(C)C.C=C/C=C(\C)c1cccc(C(=C)C=C)c1.CC.CC=C(C)C. The van der Waals surface area contributed by atoms with Gasteiger partial charge in [-0.3, -0.25) is 0 Å². The van der Waals surface area contributed by atoms with Crippen molar-refractivity contribution in [2.24, 2.45) is 0 Å². The average Bonchev–Trinajstić information content (AvgIpc) is 2.63. The van der Waals surface area contributed by atoms with Gasteiger partial charge in [0.2, 0.25) is 0 Å². The summed E-state index contributed by atoms with van der Waals surface area (Å²) in [7, 11) is 0. The van der Waals surface area contributed by atoms with Crippen molar-refractivity contribution in [1.82, 2.24) is 0 Å². The van der Waals surface area contributed by atoms with E-state index in [0.29, 0.717) is 0 Å². The molecule has 0 aliphatic carbocycles. The van der Waals surface area contributed by atoms with Crippen LogP contribution in [-0.2, 0) is 0 Å². The van der Waals surface area contributed by atoms with Crippen molar-refractivity contribution in [2.75, 3.05) is 0 Å². The van der Waals surface area contributed by atoms with Crippen LogP contribution in [0.4, 0.5) is 0 Å². The zero-order chi connectivity index (χ0) is 21.1. The molecule has 26 heavy (non-hydrogen) atoms. The fraction of sp³-hybridized carbons (Fsp3) is 0.308. The molecule has 1 aromatic carbocycles. The van der Waals surface area contributed by atoms with E-state index < -0.39 is 0 Å². The number of hydrogen-bond donors (Lipinski definition) is 0. The Bertz CT molecular complexity index is 599. The van der Waals surface area contributed by atoms with Crippen LogP contribution in [0.25, 0.3) is 11.1 Å². The zero-order valence-electron chi connectivity index (χ0n) is 18.4. The molecule has 0 nitrogen and oxygen atoms in total. The lowest BCUT2D eigenvalue weighted by atomic mass is 10.0. The monoisotopic (exact) mass is 352 g/mol. The minimum Gasteiger partial charge on any atom is -0.100 e. The zero-order valence-corrected chi connectivity index (χ0v) is 18.4. The lowest BCUT2D eigenvalue weighted by molar-refractivity contribution is 1.36. The van der Waals surface area contributed by atoms with Crippen LogP contribution in [0.3, 0.4) is 0 Å². The van der Waals surface area contributed by atoms with E-state index in [-0.39, 0.29) is 0 Å². The van der Waals surface area contributed by atoms with Gasteiger partial charge in [0.25, 0.3) is 0 Å². The van der Waals surface area contributed by atoms with Gasteiger partial charge in [0.1, 0.15) is 0 Å².